The van der Waals surface area contributed by atoms with Gasteiger partial charge in [0.2, 0.25) is 5.78 Å². The summed E-state index contributed by atoms with van der Waals surface area (Å²) in [6, 6.07) is 4.65. The Morgan fingerprint density at radius 3 is 2.47 bits per heavy atom. The molecule has 3 fully saturated rings. The molecular formula is C43H55ClO11. The molecule has 4 aliphatic carbocycles. The molecule has 0 radical (unpaired) electrons. The summed E-state index contributed by atoms with van der Waals surface area (Å²) in [5.41, 5.74) is -2.14. The number of aliphatic hydroxyl groups is 1. The number of methoxy groups -OCH3 is 1. The molecular weight excluding hydrogens is 728 g/mol. The summed E-state index contributed by atoms with van der Waals surface area (Å²) >= 11 is 7.62. The molecule has 11 nitrogen and oxygen atoms in total. The fraction of sp³-hybridized carbons (Fsp3) is 0.605. The van der Waals surface area contributed by atoms with Crippen LogP contribution in [0, 0.1) is 28.6 Å². The molecule has 0 aromatic heterocycles. The standard InChI is InChI=1S/C43H55ClO11/c1-7-9-11-21-52-37(48)18-14-28-13-17-33(34(23-28)51-6)54-39(50)53-26-36(47)43(55-38(49)12-10-8-2)27(3)22-32-31-16-15-29-24-30(45)19-20-40(29,4)42(31,44)35(46)25-41(32,43)5/h13-14,17-20,23-24,27,31-32,35,46H,7-12,15-16,21-22,25-26H2,1-6H3. The molecule has 1 aromatic rings. The Morgan fingerprint density at radius 1 is 1.02 bits per heavy atom. The van der Waals surface area contributed by atoms with Gasteiger partial charge in [-0.3, -0.25) is 14.4 Å². The molecule has 300 valence electrons. The minimum atomic E-state index is -1.74. The van der Waals surface area contributed by atoms with Gasteiger partial charge in [-0.05, 0) is 86.3 Å². The zero-order valence-corrected chi connectivity index (χ0v) is 33.6. The molecule has 0 bridgehead atoms. The Kier molecular flexibility index (Phi) is 13.1. The lowest BCUT2D eigenvalue weighted by Gasteiger charge is -2.64. The summed E-state index contributed by atoms with van der Waals surface area (Å²) in [6.07, 6.45) is 11.4. The fourth-order valence-electron chi connectivity index (χ4n) is 9.91. The van der Waals surface area contributed by atoms with E-state index >= 15 is 0 Å². The van der Waals surface area contributed by atoms with E-state index in [9.17, 15) is 29.1 Å². The van der Waals surface area contributed by atoms with Crippen LogP contribution in [0.15, 0.2) is 48.1 Å². The van der Waals surface area contributed by atoms with Gasteiger partial charge >= 0.3 is 18.1 Å². The van der Waals surface area contributed by atoms with Crippen LogP contribution < -0.4 is 9.47 Å². The Labute approximate surface area is 328 Å². The number of ether oxygens (including phenoxy) is 5. The summed E-state index contributed by atoms with van der Waals surface area (Å²) in [5, 5.41) is 12.1. The van der Waals surface area contributed by atoms with Gasteiger partial charge in [-0.1, -0.05) is 71.6 Å². The molecule has 0 spiro atoms. The topological polar surface area (TPSA) is 152 Å². The van der Waals surface area contributed by atoms with Crippen LogP contribution >= 0.6 is 11.6 Å². The van der Waals surface area contributed by atoms with Crippen LogP contribution in [0.2, 0.25) is 0 Å². The Balaban J connectivity index is 1.35. The summed E-state index contributed by atoms with van der Waals surface area (Å²) in [6.45, 7) is 9.30. The van der Waals surface area contributed by atoms with E-state index in [1.165, 1.54) is 25.3 Å². The van der Waals surface area contributed by atoms with Crippen molar-refractivity contribution < 1.29 is 52.8 Å². The third-order valence-electron chi connectivity index (χ3n) is 12.7. The number of hydrogen-bond donors (Lipinski definition) is 1. The first kappa shape index (κ1) is 42.2. The number of fused-ring (bicyclic) bond motifs is 5. The number of benzene rings is 1. The second-order valence-corrected chi connectivity index (χ2v) is 16.5. The lowest BCUT2D eigenvalue weighted by atomic mass is 9.45. The Morgan fingerprint density at radius 2 is 1.76 bits per heavy atom. The number of halogens is 1. The van der Waals surface area contributed by atoms with Crippen LogP contribution in [-0.4, -0.2) is 71.7 Å². The Hall–Kier alpha value is -3.96. The number of Topliss-reactive ketones (excluding diaryl/α,β-unsaturated/α-hetero) is 1. The lowest BCUT2D eigenvalue weighted by molar-refractivity contribution is -0.203. The van der Waals surface area contributed by atoms with Crippen LogP contribution in [0.3, 0.4) is 0 Å². The van der Waals surface area contributed by atoms with Gasteiger partial charge in [-0.15, -0.1) is 11.6 Å². The van der Waals surface area contributed by atoms with Crippen molar-refractivity contribution in [1.29, 1.82) is 0 Å². The van der Waals surface area contributed by atoms with E-state index in [1.54, 1.807) is 24.3 Å². The number of carbonyl (C=O) groups is 5. The SMILES string of the molecule is CCCCCOC(=O)C=Cc1ccc(OC(=O)OCC(=O)C2(OC(=O)CCCC)C(C)CC3C4CCC5=CC(=O)C=CC5(C)C4(Cl)C(O)CC32C)c(OC)c1. The molecule has 0 amide bonds. The molecule has 3 saturated carbocycles. The second kappa shape index (κ2) is 17.0. The van der Waals surface area contributed by atoms with E-state index in [0.29, 0.717) is 37.9 Å². The highest BCUT2D eigenvalue weighted by Crippen LogP contribution is 2.72. The minimum absolute atomic E-state index is 0.0211. The monoisotopic (exact) mass is 782 g/mol. The van der Waals surface area contributed by atoms with Crippen molar-refractivity contribution >= 4 is 47.3 Å². The van der Waals surface area contributed by atoms with Crippen molar-refractivity contribution in [1.82, 2.24) is 0 Å². The van der Waals surface area contributed by atoms with E-state index in [2.05, 4.69) is 6.92 Å². The number of allylic oxidation sites excluding steroid dienone is 4. The number of alkyl halides is 1. The van der Waals surface area contributed by atoms with Gasteiger partial charge in [0.15, 0.2) is 29.5 Å². The minimum Gasteiger partial charge on any atom is -0.493 e. The molecule has 0 heterocycles. The van der Waals surface area contributed by atoms with Gasteiger partial charge in [-0.25, -0.2) is 9.59 Å². The van der Waals surface area contributed by atoms with Crippen LogP contribution in [0.1, 0.15) is 104 Å². The number of carbonyl (C=O) groups excluding carboxylic acids is 5. The maximum Gasteiger partial charge on any atom is 0.514 e. The quantitative estimate of drug-likeness (QED) is 0.0462. The van der Waals surface area contributed by atoms with Gasteiger partial charge in [-0.2, -0.15) is 0 Å². The normalized spacial score (nSPS) is 32.1. The second-order valence-electron chi connectivity index (χ2n) is 15.9. The van der Waals surface area contributed by atoms with E-state index in [0.717, 1.165) is 31.3 Å². The van der Waals surface area contributed by atoms with Crippen molar-refractivity contribution in [3.05, 3.63) is 53.6 Å². The first-order valence-electron chi connectivity index (χ1n) is 19.5. The zero-order chi connectivity index (χ0) is 40.2. The van der Waals surface area contributed by atoms with Crippen molar-refractivity contribution in [2.75, 3.05) is 20.3 Å². The number of ketones is 2. The van der Waals surface area contributed by atoms with E-state index in [4.69, 9.17) is 35.3 Å². The maximum atomic E-state index is 14.6. The summed E-state index contributed by atoms with van der Waals surface area (Å²) in [4.78, 5) is 64.4. The van der Waals surface area contributed by atoms with Crippen molar-refractivity contribution in [3.63, 3.8) is 0 Å². The summed E-state index contributed by atoms with van der Waals surface area (Å²) in [5.74, 6) is -2.58. The van der Waals surface area contributed by atoms with Gasteiger partial charge < -0.3 is 28.8 Å². The van der Waals surface area contributed by atoms with Crippen LogP contribution in [-0.2, 0) is 33.4 Å². The van der Waals surface area contributed by atoms with E-state index in [-0.39, 0.29) is 42.0 Å². The van der Waals surface area contributed by atoms with Gasteiger partial charge in [0, 0.05) is 29.2 Å². The predicted molar refractivity (Wildman–Crippen MR) is 205 cm³/mol. The van der Waals surface area contributed by atoms with Crippen molar-refractivity contribution in [2.24, 2.45) is 28.6 Å². The number of rotatable bonds is 15. The highest BCUT2D eigenvalue weighted by molar-refractivity contribution is 6.26. The smallest absolute Gasteiger partial charge is 0.493 e. The average Bonchev–Trinajstić information content (AvgIpc) is 3.37. The zero-order valence-electron chi connectivity index (χ0n) is 32.8. The first-order chi connectivity index (χ1) is 26.1. The molecule has 1 aromatic carbocycles. The number of esters is 2. The molecule has 55 heavy (non-hydrogen) atoms. The van der Waals surface area contributed by atoms with Crippen molar-refractivity contribution in [3.8, 4) is 11.5 Å². The van der Waals surface area contributed by atoms with Gasteiger partial charge in [0.1, 0.15) is 0 Å². The summed E-state index contributed by atoms with van der Waals surface area (Å²) < 4.78 is 27.8. The molecule has 0 aliphatic heterocycles. The van der Waals surface area contributed by atoms with E-state index < -0.39 is 63.8 Å². The van der Waals surface area contributed by atoms with E-state index in [1.807, 2.05) is 33.8 Å². The molecule has 12 heteroatoms. The molecule has 8 unspecified atom stereocenters. The molecule has 4 aliphatic rings. The number of aliphatic hydroxyl groups excluding tert-OH is 1. The highest BCUT2D eigenvalue weighted by atomic mass is 35.5. The highest BCUT2D eigenvalue weighted by Gasteiger charge is 2.76. The first-order valence-corrected chi connectivity index (χ1v) is 19.9. The largest absolute Gasteiger partial charge is 0.514 e. The van der Waals surface area contributed by atoms with Crippen LogP contribution in [0.25, 0.3) is 6.08 Å². The number of hydrogen-bond acceptors (Lipinski definition) is 11. The van der Waals surface area contributed by atoms with Crippen molar-refractivity contribution in [2.45, 2.75) is 115 Å². The lowest BCUT2D eigenvalue weighted by Crippen LogP contribution is -2.69. The average molecular weight is 783 g/mol. The Bertz CT molecular complexity index is 1750. The summed E-state index contributed by atoms with van der Waals surface area (Å²) in [7, 11) is 1.39. The van der Waals surface area contributed by atoms with Gasteiger partial charge in [0.25, 0.3) is 0 Å². The number of unbranched alkanes of at least 4 members (excludes halogenated alkanes) is 3. The molecule has 1 N–H and O–H groups in total. The fourth-order valence-corrected chi connectivity index (χ4v) is 10.4. The predicted octanol–water partition coefficient (Wildman–Crippen LogP) is 7.88. The maximum absolute atomic E-state index is 14.6. The molecule has 5 rings (SSSR count). The van der Waals surface area contributed by atoms with Gasteiger partial charge in [0.05, 0.1) is 24.7 Å². The molecule has 0 saturated heterocycles. The third-order valence-corrected chi connectivity index (χ3v) is 13.6. The molecule has 8 atom stereocenters. The third kappa shape index (κ3) is 7.75. The van der Waals surface area contributed by atoms with Crippen LogP contribution in [0.4, 0.5) is 4.79 Å². The van der Waals surface area contributed by atoms with Crippen LogP contribution in [0.5, 0.6) is 11.5 Å².